The van der Waals surface area contributed by atoms with Gasteiger partial charge in [0.15, 0.2) is 0 Å². The zero-order valence-electron chi connectivity index (χ0n) is 17.1. The fourth-order valence-electron chi connectivity index (χ4n) is 4.43. The summed E-state index contributed by atoms with van der Waals surface area (Å²) in [4.78, 5) is 14.5. The molecule has 154 valence electrons. The first-order valence-corrected chi connectivity index (χ1v) is 9.99. The number of halogens is 1. The summed E-state index contributed by atoms with van der Waals surface area (Å²) in [6.45, 7) is 7.53. The van der Waals surface area contributed by atoms with E-state index >= 15 is 0 Å². The molecule has 6 heteroatoms. The molecule has 0 saturated carbocycles. The van der Waals surface area contributed by atoms with E-state index in [1.165, 1.54) is 24.4 Å². The maximum Gasteiger partial charge on any atom is 0.341 e. The average Bonchev–Trinajstić information content (AvgIpc) is 2.73. The lowest BCUT2D eigenvalue weighted by Gasteiger charge is -2.42. The molecule has 0 aromatic heterocycles. The van der Waals surface area contributed by atoms with Crippen molar-refractivity contribution in [3.63, 3.8) is 0 Å². The van der Waals surface area contributed by atoms with Crippen molar-refractivity contribution in [2.24, 2.45) is 5.41 Å². The SMILES string of the molecule is COC(=O)c1c(F)ccc2c1CC(C)(C)C(c1cccc(N3CCOCC3)c1)N2. The van der Waals surface area contributed by atoms with Gasteiger partial charge in [-0.15, -0.1) is 0 Å². The first-order valence-electron chi connectivity index (χ1n) is 9.99. The highest BCUT2D eigenvalue weighted by molar-refractivity contribution is 5.93. The molecule has 29 heavy (non-hydrogen) atoms. The van der Waals surface area contributed by atoms with Crippen LogP contribution in [0.3, 0.4) is 0 Å². The van der Waals surface area contributed by atoms with Gasteiger partial charge in [-0.05, 0) is 47.2 Å². The molecule has 2 aliphatic rings. The van der Waals surface area contributed by atoms with E-state index in [9.17, 15) is 9.18 Å². The number of benzene rings is 2. The van der Waals surface area contributed by atoms with Gasteiger partial charge in [-0.2, -0.15) is 0 Å². The van der Waals surface area contributed by atoms with E-state index in [1.807, 2.05) is 0 Å². The standard InChI is InChI=1S/C23H27FN2O3/c1-23(2)14-17-19(8-7-18(24)20(17)22(27)28-3)25-21(23)15-5-4-6-16(13-15)26-9-11-29-12-10-26/h4-8,13,21,25H,9-12,14H2,1-3H3. The fourth-order valence-corrected chi connectivity index (χ4v) is 4.43. The lowest BCUT2D eigenvalue weighted by Crippen LogP contribution is -2.37. The Hall–Kier alpha value is -2.60. The molecule has 2 aliphatic heterocycles. The number of anilines is 2. The second-order valence-corrected chi connectivity index (χ2v) is 8.38. The van der Waals surface area contributed by atoms with Gasteiger partial charge in [0.05, 0.1) is 26.4 Å². The van der Waals surface area contributed by atoms with Crippen molar-refractivity contribution in [2.45, 2.75) is 26.3 Å². The summed E-state index contributed by atoms with van der Waals surface area (Å²) in [5, 5.41) is 3.56. The van der Waals surface area contributed by atoms with Crippen LogP contribution in [-0.2, 0) is 15.9 Å². The van der Waals surface area contributed by atoms with Crippen LogP contribution in [0.1, 0.15) is 41.4 Å². The largest absolute Gasteiger partial charge is 0.465 e. The number of esters is 1. The van der Waals surface area contributed by atoms with Crippen LogP contribution in [0.5, 0.6) is 0 Å². The number of ether oxygens (including phenoxy) is 2. The second kappa shape index (κ2) is 7.67. The minimum absolute atomic E-state index is 0.0334. The number of morpholine rings is 1. The molecule has 2 heterocycles. The fraction of sp³-hybridized carbons (Fsp3) is 0.435. The Labute approximate surface area is 170 Å². The molecule has 1 N–H and O–H groups in total. The number of nitrogens with one attached hydrogen (secondary N) is 1. The molecule has 1 unspecified atom stereocenters. The van der Waals surface area contributed by atoms with Crippen LogP contribution in [-0.4, -0.2) is 39.4 Å². The van der Waals surface area contributed by atoms with Gasteiger partial charge in [-0.3, -0.25) is 0 Å². The number of fused-ring (bicyclic) bond motifs is 1. The number of hydrogen-bond acceptors (Lipinski definition) is 5. The molecule has 2 aromatic rings. The highest BCUT2D eigenvalue weighted by Crippen LogP contribution is 2.46. The molecule has 5 nitrogen and oxygen atoms in total. The van der Waals surface area contributed by atoms with Crippen molar-refractivity contribution in [1.82, 2.24) is 0 Å². The Bertz CT molecular complexity index is 922. The number of hydrogen-bond donors (Lipinski definition) is 1. The monoisotopic (exact) mass is 398 g/mol. The molecule has 0 bridgehead atoms. The molecular weight excluding hydrogens is 371 g/mol. The predicted molar refractivity (Wildman–Crippen MR) is 111 cm³/mol. The second-order valence-electron chi connectivity index (χ2n) is 8.38. The number of carbonyl (C=O) groups excluding carboxylic acids is 1. The minimum Gasteiger partial charge on any atom is -0.465 e. The van der Waals surface area contributed by atoms with E-state index in [1.54, 1.807) is 6.07 Å². The van der Waals surface area contributed by atoms with Gasteiger partial charge in [0, 0.05) is 24.5 Å². The smallest absolute Gasteiger partial charge is 0.341 e. The van der Waals surface area contributed by atoms with Crippen molar-refractivity contribution in [3.05, 3.63) is 58.9 Å². The number of rotatable bonds is 3. The Morgan fingerprint density at radius 2 is 2.00 bits per heavy atom. The number of methoxy groups -OCH3 is 1. The molecule has 2 aromatic carbocycles. The van der Waals surface area contributed by atoms with Crippen LogP contribution in [0, 0.1) is 11.2 Å². The van der Waals surface area contributed by atoms with Crippen LogP contribution < -0.4 is 10.2 Å². The lowest BCUT2D eigenvalue weighted by atomic mass is 9.72. The summed E-state index contributed by atoms with van der Waals surface area (Å²) in [5.74, 6) is -1.18. The third kappa shape index (κ3) is 3.69. The van der Waals surface area contributed by atoms with E-state index in [-0.39, 0.29) is 17.0 Å². The van der Waals surface area contributed by atoms with Gasteiger partial charge in [0.1, 0.15) is 11.4 Å². The molecule has 1 fully saturated rings. The van der Waals surface area contributed by atoms with Gasteiger partial charge >= 0.3 is 5.97 Å². The van der Waals surface area contributed by atoms with Gasteiger partial charge in [0.2, 0.25) is 0 Å². The van der Waals surface area contributed by atoms with Crippen LogP contribution in [0.2, 0.25) is 0 Å². The van der Waals surface area contributed by atoms with Crippen molar-refractivity contribution in [2.75, 3.05) is 43.6 Å². The Kier molecular flexibility index (Phi) is 5.21. The summed E-state index contributed by atoms with van der Waals surface area (Å²) >= 11 is 0. The zero-order chi connectivity index (χ0) is 20.6. The lowest BCUT2D eigenvalue weighted by molar-refractivity contribution is 0.0593. The maximum atomic E-state index is 14.4. The maximum absolute atomic E-state index is 14.4. The van der Waals surface area contributed by atoms with Crippen molar-refractivity contribution >= 4 is 17.3 Å². The summed E-state index contributed by atoms with van der Waals surface area (Å²) in [7, 11) is 1.28. The summed E-state index contributed by atoms with van der Waals surface area (Å²) in [6.07, 6.45) is 0.573. The highest BCUT2D eigenvalue weighted by atomic mass is 19.1. The van der Waals surface area contributed by atoms with Crippen LogP contribution in [0.25, 0.3) is 0 Å². The van der Waals surface area contributed by atoms with Gasteiger partial charge < -0.3 is 19.7 Å². The topological polar surface area (TPSA) is 50.8 Å². The van der Waals surface area contributed by atoms with Crippen molar-refractivity contribution in [3.8, 4) is 0 Å². The molecular formula is C23H27FN2O3. The van der Waals surface area contributed by atoms with Crippen LogP contribution in [0.4, 0.5) is 15.8 Å². The van der Waals surface area contributed by atoms with E-state index in [2.05, 4.69) is 48.3 Å². The molecule has 0 radical (unpaired) electrons. The average molecular weight is 398 g/mol. The van der Waals surface area contributed by atoms with Crippen molar-refractivity contribution in [1.29, 1.82) is 0 Å². The van der Waals surface area contributed by atoms with Crippen molar-refractivity contribution < 1.29 is 18.7 Å². The number of carbonyl (C=O) groups is 1. The Morgan fingerprint density at radius 1 is 1.24 bits per heavy atom. The Morgan fingerprint density at radius 3 is 2.72 bits per heavy atom. The first-order chi connectivity index (χ1) is 13.9. The summed E-state index contributed by atoms with van der Waals surface area (Å²) in [5.41, 5.74) is 3.63. The number of nitrogens with zero attached hydrogens (tertiary/aromatic N) is 1. The normalized spacial score (nSPS) is 20.6. The summed E-state index contributed by atoms with van der Waals surface area (Å²) < 4.78 is 24.7. The van der Waals surface area contributed by atoms with E-state index < -0.39 is 11.8 Å². The van der Waals surface area contributed by atoms with Gasteiger partial charge in [-0.1, -0.05) is 26.0 Å². The zero-order valence-corrected chi connectivity index (χ0v) is 17.1. The van der Waals surface area contributed by atoms with Gasteiger partial charge in [0.25, 0.3) is 0 Å². The highest BCUT2D eigenvalue weighted by Gasteiger charge is 2.38. The van der Waals surface area contributed by atoms with Crippen LogP contribution >= 0.6 is 0 Å². The molecule has 0 spiro atoms. The first kappa shape index (κ1) is 19.7. The minimum atomic E-state index is -0.635. The quantitative estimate of drug-likeness (QED) is 0.786. The van der Waals surface area contributed by atoms with Crippen LogP contribution in [0.15, 0.2) is 36.4 Å². The third-order valence-corrected chi connectivity index (χ3v) is 5.95. The van der Waals surface area contributed by atoms with E-state index in [0.29, 0.717) is 12.0 Å². The molecule has 1 saturated heterocycles. The van der Waals surface area contributed by atoms with E-state index in [4.69, 9.17) is 9.47 Å². The predicted octanol–water partition coefficient (Wildman–Crippen LogP) is 4.18. The van der Waals surface area contributed by atoms with Gasteiger partial charge in [-0.25, -0.2) is 9.18 Å². The Balaban J connectivity index is 1.70. The van der Waals surface area contributed by atoms with E-state index in [0.717, 1.165) is 32.0 Å². The third-order valence-electron chi connectivity index (χ3n) is 5.95. The summed E-state index contributed by atoms with van der Waals surface area (Å²) in [6, 6.07) is 11.6. The molecule has 0 amide bonds. The molecule has 0 aliphatic carbocycles. The molecule has 4 rings (SSSR count). The molecule has 1 atom stereocenters.